The Morgan fingerprint density at radius 1 is 1.00 bits per heavy atom. The number of hydrogen-bond acceptors (Lipinski definition) is 5. The molecule has 0 spiro atoms. The first-order chi connectivity index (χ1) is 8.84. The molecule has 2 heterocycles. The lowest BCUT2D eigenvalue weighted by Crippen LogP contribution is -1.94. The summed E-state index contributed by atoms with van der Waals surface area (Å²) in [6, 6.07) is 11.6. The van der Waals surface area contributed by atoms with Gasteiger partial charge < -0.3 is 10.3 Å². The molecule has 0 saturated carbocycles. The van der Waals surface area contributed by atoms with Crippen molar-refractivity contribution in [1.82, 2.24) is 15.1 Å². The van der Waals surface area contributed by atoms with Crippen LogP contribution in [0.3, 0.4) is 0 Å². The van der Waals surface area contributed by atoms with Crippen molar-refractivity contribution >= 4 is 5.82 Å². The molecule has 0 aliphatic rings. The Bertz CT molecular complexity index is 664. The zero-order valence-electron chi connectivity index (χ0n) is 9.45. The zero-order valence-corrected chi connectivity index (χ0v) is 9.45. The van der Waals surface area contributed by atoms with Crippen molar-refractivity contribution in [2.45, 2.75) is 0 Å². The third-order valence-corrected chi connectivity index (χ3v) is 2.54. The van der Waals surface area contributed by atoms with Gasteiger partial charge >= 0.3 is 0 Å². The van der Waals surface area contributed by atoms with Crippen molar-refractivity contribution in [3.63, 3.8) is 0 Å². The third-order valence-electron chi connectivity index (χ3n) is 2.54. The number of hydrogen-bond donors (Lipinski definition) is 1. The second-order valence-electron chi connectivity index (χ2n) is 3.73. The van der Waals surface area contributed by atoms with E-state index in [2.05, 4.69) is 15.1 Å². The predicted octanol–water partition coefficient (Wildman–Crippen LogP) is 2.38. The lowest BCUT2D eigenvalue weighted by Gasteiger charge is -1.96. The number of rotatable bonds is 2. The average Bonchev–Trinajstić information content (AvgIpc) is 2.90. The van der Waals surface area contributed by atoms with Gasteiger partial charge in [-0.2, -0.15) is 0 Å². The Kier molecular flexibility index (Phi) is 2.49. The molecular formula is C13H10N4O. The van der Waals surface area contributed by atoms with Crippen molar-refractivity contribution < 1.29 is 4.52 Å². The molecule has 0 unspecified atom stereocenters. The Balaban J connectivity index is 2.03. The van der Waals surface area contributed by atoms with Gasteiger partial charge in [-0.25, -0.2) is 9.97 Å². The molecule has 3 rings (SSSR count). The summed E-state index contributed by atoms with van der Waals surface area (Å²) in [5.41, 5.74) is 7.97. The summed E-state index contributed by atoms with van der Waals surface area (Å²) in [5.74, 6) is 0.840. The van der Waals surface area contributed by atoms with E-state index in [9.17, 15) is 0 Å². The van der Waals surface area contributed by atoms with Crippen molar-refractivity contribution in [2.24, 2.45) is 0 Å². The van der Waals surface area contributed by atoms with Crippen molar-refractivity contribution in [3.05, 3.63) is 48.8 Å². The molecule has 0 fully saturated rings. The van der Waals surface area contributed by atoms with Gasteiger partial charge in [0.15, 0.2) is 17.3 Å². The summed E-state index contributed by atoms with van der Waals surface area (Å²) in [5, 5.41) is 4.01. The number of aromatic nitrogens is 3. The lowest BCUT2D eigenvalue weighted by atomic mass is 10.1. The number of benzene rings is 1. The van der Waals surface area contributed by atoms with Gasteiger partial charge in [-0.1, -0.05) is 35.5 Å². The second kappa shape index (κ2) is 4.29. The van der Waals surface area contributed by atoms with Crippen LogP contribution < -0.4 is 5.73 Å². The molecule has 5 nitrogen and oxygen atoms in total. The third kappa shape index (κ3) is 1.82. The minimum absolute atomic E-state index is 0.327. The largest absolute Gasteiger partial charge is 0.382 e. The van der Waals surface area contributed by atoms with E-state index in [1.165, 1.54) is 6.20 Å². The van der Waals surface area contributed by atoms with E-state index in [0.29, 0.717) is 17.3 Å². The summed E-state index contributed by atoms with van der Waals surface area (Å²) >= 11 is 0. The maximum Gasteiger partial charge on any atom is 0.189 e. The van der Waals surface area contributed by atoms with E-state index in [1.807, 2.05) is 30.3 Å². The topological polar surface area (TPSA) is 77.8 Å². The van der Waals surface area contributed by atoms with Crippen LogP contribution in [0.2, 0.25) is 0 Å². The van der Waals surface area contributed by atoms with E-state index in [-0.39, 0.29) is 0 Å². The molecule has 1 aromatic carbocycles. The van der Waals surface area contributed by atoms with Crippen LogP contribution >= 0.6 is 0 Å². The van der Waals surface area contributed by atoms with Gasteiger partial charge in [0.25, 0.3) is 0 Å². The van der Waals surface area contributed by atoms with Gasteiger partial charge in [0.05, 0.1) is 0 Å². The molecule has 2 aromatic heterocycles. The zero-order chi connectivity index (χ0) is 12.4. The van der Waals surface area contributed by atoms with E-state index >= 15 is 0 Å². The summed E-state index contributed by atoms with van der Waals surface area (Å²) in [4.78, 5) is 8.10. The minimum Gasteiger partial charge on any atom is -0.382 e. The Hall–Kier alpha value is -2.69. The molecular weight excluding hydrogens is 228 g/mol. The maximum absolute atomic E-state index is 5.74. The highest BCUT2D eigenvalue weighted by atomic mass is 16.5. The highest BCUT2D eigenvalue weighted by molar-refractivity contribution is 5.69. The summed E-state index contributed by atoms with van der Waals surface area (Å²) in [7, 11) is 0. The van der Waals surface area contributed by atoms with E-state index < -0.39 is 0 Å². The van der Waals surface area contributed by atoms with Crippen LogP contribution in [0.1, 0.15) is 0 Å². The summed E-state index contributed by atoms with van der Waals surface area (Å²) in [6.07, 6.45) is 3.10. The Morgan fingerprint density at radius 3 is 2.56 bits per heavy atom. The lowest BCUT2D eigenvalue weighted by molar-refractivity contribution is 0.433. The van der Waals surface area contributed by atoms with Crippen LogP contribution in [-0.4, -0.2) is 15.1 Å². The fourth-order valence-electron chi connectivity index (χ4n) is 1.67. The Morgan fingerprint density at radius 2 is 1.78 bits per heavy atom. The van der Waals surface area contributed by atoms with Crippen molar-refractivity contribution in [1.29, 1.82) is 0 Å². The smallest absolute Gasteiger partial charge is 0.189 e. The van der Waals surface area contributed by atoms with Crippen LogP contribution in [-0.2, 0) is 0 Å². The van der Waals surface area contributed by atoms with Crippen LogP contribution in [0, 0.1) is 0 Å². The van der Waals surface area contributed by atoms with Gasteiger partial charge in [-0.15, -0.1) is 0 Å². The normalized spacial score (nSPS) is 10.4. The van der Waals surface area contributed by atoms with Crippen molar-refractivity contribution in [2.75, 3.05) is 5.73 Å². The molecule has 3 aromatic rings. The highest BCUT2D eigenvalue weighted by Gasteiger charge is 2.12. The van der Waals surface area contributed by atoms with Crippen molar-refractivity contribution in [3.8, 4) is 22.7 Å². The molecule has 2 N–H and O–H groups in total. The molecule has 5 heteroatoms. The summed E-state index contributed by atoms with van der Waals surface area (Å²) in [6.45, 7) is 0. The van der Waals surface area contributed by atoms with E-state index in [4.69, 9.17) is 10.3 Å². The van der Waals surface area contributed by atoms with Gasteiger partial charge in [0, 0.05) is 24.0 Å². The Labute approximate surface area is 103 Å². The molecule has 0 aliphatic heterocycles. The molecule has 0 atom stereocenters. The van der Waals surface area contributed by atoms with Gasteiger partial charge in [-0.05, 0) is 0 Å². The van der Waals surface area contributed by atoms with Gasteiger partial charge in [-0.3, -0.25) is 0 Å². The number of anilines is 1. The number of nitrogens with two attached hydrogens (primary N) is 1. The van der Waals surface area contributed by atoms with Crippen LogP contribution in [0.15, 0.2) is 53.3 Å². The first-order valence-electron chi connectivity index (χ1n) is 5.43. The first-order valence-corrected chi connectivity index (χ1v) is 5.43. The molecule has 0 radical (unpaired) electrons. The average molecular weight is 238 g/mol. The van der Waals surface area contributed by atoms with Crippen LogP contribution in [0.4, 0.5) is 5.82 Å². The second-order valence-corrected chi connectivity index (χ2v) is 3.73. The fraction of sp³-hybridized carbons (Fsp3) is 0. The monoisotopic (exact) mass is 238 g/mol. The molecule has 0 amide bonds. The minimum atomic E-state index is 0.327. The standard InChI is InChI=1S/C13H10N4O/c14-13-12(15-6-7-16-13)11-8-10(17-18-11)9-4-2-1-3-5-9/h1-8H,(H2,14,16). The van der Waals surface area contributed by atoms with E-state index in [0.717, 1.165) is 11.3 Å². The molecule has 18 heavy (non-hydrogen) atoms. The number of nitrogen functional groups attached to an aromatic ring is 1. The van der Waals surface area contributed by atoms with Gasteiger partial charge in [0.1, 0.15) is 5.69 Å². The SMILES string of the molecule is Nc1nccnc1-c1cc(-c2ccccc2)no1. The molecule has 0 aliphatic carbocycles. The molecule has 0 saturated heterocycles. The first kappa shape index (κ1) is 10.5. The molecule has 0 bridgehead atoms. The van der Waals surface area contributed by atoms with E-state index in [1.54, 1.807) is 12.3 Å². The quantitative estimate of drug-likeness (QED) is 0.741. The van der Waals surface area contributed by atoms with Crippen LogP contribution in [0.5, 0.6) is 0 Å². The summed E-state index contributed by atoms with van der Waals surface area (Å²) < 4.78 is 5.25. The molecule has 88 valence electrons. The number of nitrogens with zero attached hydrogens (tertiary/aromatic N) is 3. The highest BCUT2D eigenvalue weighted by Crippen LogP contribution is 2.26. The van der Waals surface area contributed by atoms with Crippen LogP contribution in [0.25, 0.3) is 22.7 Å². The van der Waals surface area contributed by atoms with Gasteiger partial charge in [0.2, 0.25) is 0 Å². The predicted molar refractivity (Wildman–Crippen MR) is 67.4 cm³/mol. The fourth-order valence-corrected chi connectivity index (χ4v) is 1.67. The maximum atomic E-state index is 5.74.